The fourth-order valence-corrected chi connectivity index (χ4v) is 2.46. The molecule has 0 saturated heterocycles. The van der Waals surface area contributed by atoms with Crippen LogP contribution in [0.3, 0.4) is 0 Å². The lowest BCUT2D eigenvalue weighted by molar-refractivity contribution is -0.122. The standard InChI is InChI=1S/C11H17ClN2OS/c1-2-3-9(13)11(15)14-7-6-8-4-5-10(12)16-8/h4-5,9H,2-3,6-7,13H2,1H3,(H,14,15). The van der Waals surface area contributed by atoms with Crippen LogP contribution in [0.4, 0.5) is 0 Å². The highest BCUT2D eigenvalue weighted by Crippen LogP contribution is 2.21. The van der Waals surface area contributed by atoms with E-state index in [4.69, 9.17) is 17.3 Å². The van der Waals surface area contributed by atoms with Crippen molar-refractivity contribution in [3.05, 3.63) is 21.3 Å². The van der Waals surface area contributed by atoms with Gasteiger partial charge in [0.15, 0.2) is 0 Å². The van der Waals surface area contributed by atoms with E-state index in [2.05, 4.69) is 5.32 Å². The Morgan fingerprint density at radius 2 is 2.38 bits per heavy atom. The topological polar surface area (TPSA) is 55.1 Å². The first-order valence-corrected chi connectivity index (χ1v) is 6.60. The third-order valence-corrected chi connectivity index (χ3v) is 3.53. The summed E-state index contributed by atoms with van der Waals surface area (Å²) in [6.07, 6.45) is 2.47. The van der Waals surface area contributed by atoms with Crippen molar-refractivity contribution < 1.29 is 4.79 Å². The Bertz CT molecular complexity index is 340. The Labute approximate surface area is 105 Å². The van der Waals surface area contributed by atoms with Crippen LogP contribution in [0.5, 0.6) is 0 Å². The van der Waals surface area contributed by atoms with Gasteiger partial charge in [0, 0.05) is 11.4 Å². The number of carbonyl (C=O) groups is 1. The number of nitrogens with two attached hydrogens (primary N) is 1. The summed E-state index contributed by atoms with van der Waals surface area (Å²) in [5.41, 5.74) is 5.68. The molecule has 1 atom stereocenters. The normalized spacial score (nSPS) is 12.4. The summed E-state index contributed by atoms with van der Waals surface area (Å²) in [6, 6.07) is 3.47. The minimum Gasteiger partial charge on any atom is -0.354 e. The second-order valence-electron chi connectivity index (χ2n) is 3.64. The summed E-state index contributed by atoms with van der Waals surface area (Å²) in [5, 5.41) is 2.82. The zero-order valence-electron chi connectivity index (χ0n) is 9.33. The molecule has 0 spiro atoms. The number of hydrogen-bond donors (Lipinski definition) is 2. The van der Waals surface area contributed by atoms with Crippen LogP contribution < -0.4 is 11.1 Å². The highest BCUT2D eigenvalue weighted by molar-refractivity contribution is 7.16. The summed E-state index contributed by atoms with van der Waals surface area (Å²) < 4.78 is 0.781. The van der Waals surface area contributed by atoms with E-state index in [0.717, 1.165) is 23.6 Å². The van der Waals surface area contributed by atoms with Crippen molar-refractivity contribution in [3.63, 3.8) is 0 Å². The number of rotatable bonds is 6. The van der Waals surface area contributed by atoms with Gasteiger partial charge in [0.2, 0.25) is 5.91 Å². The molecular formula is C11H17ClN2OS. The highest BCUT2D eigenvalue weighted by atomic mass is 35.5. The van der Waals surface area contributed by atoms with Gasteiger partial charge >= 0.3 is 0 Å². The maximum Gasteiger partial charge on any atom is 0.236 e. The largest absolute Gasteiger partial charge is 0.354 e. The predicted molar refractivity (Wildman–Crippen MR) is 68.9 cm³/mol. The fraction of sp³-hybridized carbons (Fsp3) is 0.545. The van der Waals surface area contributed by atoms with Crippen LogP contribution in [0.25, 0.3) is 0 Å². The van der Waals surface area contributed by atoms with Gasteiger partial charge in [-0.05, 0) is 25.0 Å². The zero-order valence-corrected chi connectivity index (χ0v) is 10.9. The number of thiophene rings is 1. The lowest BCUT2D eigenvalue weighted by atomic mass is 10.1. The molecule has 5 heteroatoms. The van der Waals surface area contributed by atoms with Crippen LogP contribution in [0.15, 0.2) is 12.1 Å². The van der Waals surface area contributed by atoms with Crippen molar-refractivity contribution in [2.45, 2.75) is 32.2 Å². The van der Waals surface area contributed by atoms with Gasteiger partial charge in [0.25, 0.3) is 0 Å². The van der Waals surface area contributed by atoms with E-state index in [0.29, 0.717) is 6.54 Å². The van der Waals surface area contributed by atoms with Gasteiger partial charge in [-0.3, -0.25) is 4.79 Å². The molecule has 0 bridgehead atoms. The van der Waals surface area contributed by atoms with Crippen LogP contribution >= 0.6 is 22.9 Å². The Morgan fingerprint density at radius 1 is 1.62 bits per heavy atom. The smallest absolute Gasteiger partial charge is 0.236 e. The number of halogens is 1. The second kappa shape index (κ2) is 6.89. The van der Waals surface area contributed by atoms with E-state index in [1.54, 1.807) is 11.3 Å². The first-order valence-electron chi connectivity index (χ1n) is 5.41. The van der Waals surface area contributed by atoms with Gasteiger partial charge in [-0.25, -0.2) is 0 Å². The Morgan fingerprint density at radius 3 is 2.94 bits per heavy atom. The molecule has 1 aromatic heterocycles. The van der Waals surface area contributed by atoms with E-state index in [-0.39, 0.29) is 11.9 Å². The summed E-state index contributed by atoms with van der Waals surface area (Å²) in [5.74, 6) is -0.0653. The maximum atomic E-state index is 11.5. The molecule has 0 aromatic carbocycles. The molecule has 1 rings (SSSR count). The van der Waals surface area contributed by atoms with E-state index in [1.807, 2.05) is 19.1 Å². The third kappa shape index (κ3) is 4.51. The monoisotopic (exact) mass is 260 g/mol. The molecule has 1 aromatic rings. The Kier molecular flexibility index (Phi) is 5.80. The molecule has 1 heterocycles. The van der Waals surface area contributed by atoms with Crippen molar-refractivity contribution in [2.24, 2.45) is 5.73 Å². The molecule has 3 N–H and O–H groups in total. The molecule has 16 heavy (non-hydrogen) atoms. The molecule has 0 fully saturated rings. The van der Waals surface area contributed by atoms with Crippen molar-refractivity contribution in [3.8, 4) is 0 Å². The molecule has 0 aliphatic carbocycles. The molecule has 0 saturated carbocycles. The first kappa shape index (κ1) is 13.5. The van der Waals surface area contributed by atoms with Gasteiger partial charge in [0.1, 0.15) is 0 Å². The zero-order chi connectivity index (χ0) is 12.0. The predicted octanol–water partition coefficient (Wildman–Crippen LogP) is 2.19. The number of carbonyl (C=O) groups excluding carboxylic acids is 1. The van der Waals surface area contributed by atoms with Gasteiger partial charge in [-0.15, -0.1) is 11.3 Å². The van der Waals surface area contributed by atoms with Crippen LogP contribution in [0, 0.1) is 0 Å². The number of hydrogen-bond acceptors (Lipinski definition) is 3. The summed E-state index contributed by atoms with van der Waals surface area (Å²) >= 11 is 7.35. The average Bonchev–Trinajstić information content (AvgIpc) is 2.64. The van der Waals surface area contributed by atoms with Crippen molar-refractivity contribution in [1.82, 2.24) is 5.32 Å². The molecular weight excluding hydrogens is 244 g/mol. The summed E-state index contributed by atoms with van der Waals surface area (Å²) in [7, 11) is 0. The van der Waals surface area contributed by atoms with Crippen LogP contribution in [0.1, 0.15) is 24.6 Å². The van der Waals surface area contributed by atoms with Crippen LogP contribution in [-0.4, -0.2) is 18.5 Å². The SMILES string of the molecule is CCCC(N)C(=O)NCCc1ccc(Cl)s1. The van der Waals surface area contributed by atoms with E-state index in [1.165, 1.54) is 4.88 Å². The third-order valence-electron chi connectivity index (χ3n) is 2.24. The Balaban J connectivity index is 2.22. The molecule has 1 amide bonds. The summed E-state index contributed by atoms with van der Waals surface area (Å²) in [4.78, 5) is 12.6. The summed E-state index contributed by atoms with van der Waals surface area (Å²) in [6.45, 7) is 2.63. The molecule has 90 valence electrons. The quantitative estimate of drug-likeness (QED) is 0.824. The molecule has 0 aliphatic rings. The van der Waals surface area contributed by atoms with E-state index < -0.39 is 0 Å². The highest BCUT2D eigenvalue weighted by Gasteiger charge is 2.11. The first-order chi connectivity index (χ1) is 7.63. The van der Waals surface area contributed by atoms with Crippen LogP contribution in [-0.2, 0) is 11.2 Å². The van der Waals surface area contributed by atoms with Gasteiger partial charge in [-0.1, -0.05) is 24.9 Å². The van der Waals surface area contributed by atoms with E-state index in [9.17, 15) is 4.79 Å². The van der Waals surface area contributed by atoms with Gasteiger partial charge < -0.3 is 11.1 Å². The lowest BCUT2D eigenvalue weighted by Crippen LogP contribution is -2.41. The fourth-order valence-electron chi connectivity index (χ4n) is 1.37. The van der Waals surface area contributed by atoms with Crippen molar-refractivity contribution in [2.75, 3.05) is 6.54 Å². The van der Waals surface area contributed by atoms with Crippen molar-refractivity contribution in [1.29, 1.82) is 0 Å². The average molecular weight is 261 g/mol. The molecule has 1 unspecified atom stereocenters. The molecule has 3 nitrogen and oxygen atoms in total. The minimum atomic E-state index is -0.378. The molecule has 0 aliphatic heterocycles. The van der Waals surface area contributed by atoms with E-state index >= 15 is 0 Å². The minimum absolute atomic E-state index is 0.0653. The maximum absolute atomic E-state index is 11.5. The lowest BCUT2D eigenvalue weighted by Gasteiger charge is -2.10. The number of amides is 1. The Hall–Kier alpha value is -0.580. The second-order valence-corrected chi connectivity index (χ2v) is 5.44. The number of nitrogens with one attached hydrogen (secondary N) is 1. The van der Waals surface area contributed by atoms with Crippen molar-refractivity contribution >= 4 is 28.8 Å². The van der Waals surface area contributed by atoms with Gasteiger partial charge in [-0.2, -0.15) is 0 Å². The van der Waals surface area contributed by atoms with Gasteiger partial charge in [0.05, 0.1) is 10.4 Å². The molecule has 0 radical (unpaired) electrons. The van der Waals surface area contributed by atoms with Crippen LogP contribution in [0.2, 0.25) is 4.34 Å².